The quantitative estimate of drug-likeness (QED) is 0.496. The third kappa shape index (κ3) is 3.08. The SMILES string of the molecule is Cc1cccc(Oc2ccc(C=NN)cc2)c1. The summed E-state index contributed by atoms with van der Waals surface area (Å²) in [6.07, 6.45) is 1.59. The number of hydrogen-bond donors (Lipinski definition) is 1. The van der Waals surface area contributed by atoms with Crippen LogP contribution in [0, 0.1) is 6.92 Å². The Kier molecular flexibility index (Phi) is 3.40. The molecule has 0 radical (unpaired) electrons. The third-order valence-corrected chi connectivity index (χ3v) is 2.33. The summed E-state index contributed by atoms with van der Waals surface area (Å²) in [6.45, 7) is 2.04. The summed E-state index contributed by atoms with van der Waals surface area (Å²) < 4.78 is 5.72. The Morgan fingerprint density at radius 2 is 1.82 bits per heavy atom. The van der Waals surface area contributed by atoms with Gasteiger partial charge in [0.2, 0.25) is 0 Å². The maximum Gasteiger partial charge on any atom is 0.127 e. The summed E-state index contributed by atoms with van der Waals surface area (Å²) in [4.78, 5) is 0. The maximum atomic E-state index is 5.72. The molecule has 0 heterocycles. The average Bonchev–Trinajstić information content (AvgIpc) is 2.32. The molecular weight excluding hydrogens is 212 g/mol. The highest BCUT2D eigenvalue weighted by Gasteiger charge is 1.97. The van der Waals surface area contributed by atoms with Crippen molar-refractivity contribution in [1.82, 2.24) is 0 Å². The normalized spacial score (nSPS) is 10.6. The van der Waals surface area contributed by atoms with Crippen molar-refractivity contribution >= 4 is 6.21 Å². The van der Waals surface area contributed by atoms with Crippen LogP contribution >= 0.6 is 0 Å². The maximum absolute atomic E-state index is 5.72. The second kappa shape index (κ2) is 5.16. The van der Waals surface area contributed by atoms with Gasteiger partial charge in [0.15, 0.2) is 0 Å². The lowest BCUT2D eigenvalue weighted by Crippen LogP contribution is -1.88. The van der Waals surface area contributed by atoms with E-state index in [9.17, 15) is 0 Å². The molecule has 0 aliphatic carbocycles. The number of nitrogens with two attached hydrogens (primary N) is 1. The molecule has 0 saturated carbocycles. The number of rotatable bonds is 3. The van der Waals surface area contributed by atoms with Crippen LogP contribution in [0.2, 0.25) is 0 Å². The zero-order valence-electron chi connectivity index (χ0n) is 9.63. The van der Waals surface area contributed by atoms with Crippen LogP contribution in [0.5, 0.6) is 11.5 Å². The lowest BCUT2D eigenvalue weighted by Gasteiger charge is -2.06. The van der Waals surface area contributed by atoms with Gasteiger partial charge in [-0.15, -0.1) is 0 Å². The summed E-state index contributed by atoms with van der Waals surface area (Å²) in [5.74, 6) is 6.71. The lowest BCUT2D eigenvalue weighted by molar-refractivity contribution is 0.482. The fourth-order valence-electron chi connectivity index (χ4n) is 1.52. The van der Waals surface area contributed by atoms with E-state index in [1.165, 1.54) is 5.56 Å². The van der Waals surface area contributed by atoms with Crippen molar-refractivity contribution in [2.45, 2.75) is 6.92 Å². The van der Waals surface area contributed by atoms with Crippen LogP contribution in [-0.4, -0.2) is 6.21 Å². The van der Waals surface area contributed by atoms with Crippen molar-refractivity contribution in [1.29, 1.82) is 0 Å². The molecule has 2 aromatic rings. The van der Waals surface area contributed by atoms with Crippen molar-refractivity contribution in [2.75, 3.05) is 0 Å². The Bertz CT molecular complexity index is 518. The fraction of sp³-hybridized carbons (Fsp3) is 0.0714. The van der Waals surface area contributed by atoms with Crippen LogP contribution in [0.15, 0.2) is 53.6 Å². The Hall–Kier alpha value is -2.29. The predicted molar refractivity (Wildman–Crippen MR) is 69.5 cm³/mol. The second-order valence-corrected chi connectivity index (χ2v) is 3.77. The molecule has 0 amide bonds. The number of hydrazone groups is 1. The number of ether oxygens (including phenoxy) is 1. The van der Waals surface area contributed by atoms with Crippen molar-refractivity contribution in [3.8, 4) is 11.5 Å². The highest BCUT2D eigenvalue weighted by Crippen LogP contribution is 2.21. The van der Waals surface area contributed by atoms with E-state index in [0.717, 1.165) is 17.1 Å². The largest absolute Gasteiger partial charge is 0.457 e. The van der Waals surface area contributed by atoms with Gasteiger partial charge < -0.3 is 10.6 Å². The third-order valence-electron chi connectivity index (χ3n) is 2.33. The number of aryl methyl sites for hydroxylation is 1. The molecule has 0 aromatic heterocycles. The van der Waals surface area contributed by atoms with E-state index in [2.05, 4.69) is 5.10 Å². The number of benzene rings is 2. The fourth-order valence-corrected chi connectivity index (χ4v) is 1.52. The van der Waals surface area contributed by atoms with E-state index in [0.29, 0.717) is 0 Å². The number of nitrogens with zero attached hydrogens (tertiary/aromatic N) is 1. The minimum Gasteiger partial charge on any atom is -0.457 e. The van der Waals surface area contributed by atoms with Gasteiger partial charge in [-0.3, -0.25) is 0 Å². The smallest absolute Gasteiger partial charge is 0.127 e. The highest BCUT2D eigenvalue weighted by atomic mass is 16.5. The zero-order chi connectivity index (χ0) is 12.1. The molecule has 2 aromatic carbocycles. The molecule has 0 bridgehead atoms. The summed E-state index contributed by atoms with van der Waals surface area (Å²) in [5.41, 5.74) is 2.12. The van der Waals surface area contributed by atoms with Crippen molar-refractivity contribution in [3.05, 3.63) is 59.7 Å². The molecule has 0 unspecified atom stereocenters. The van der Waals surface area contributed by atoms with E-state index in [1.807, 2.05) is 55.5 Å². The molecule has 3 heteroatoms. The van der Waals surface area contributed by atoms with E-state index in [1.54, 1.807) is 6.21 Å². The first-order valence-electron chi connectivity index (χ1n) is 5.36. The summed E-state index contributed by atoms with van der Waals surface area (Å²) in [7, 11) is 0. The van der Waals surface area contributed by atoms with E-state index < -0.39 is 0 Å². The van der Waals surface area contributed by atoms with Gasteiger partial charge in [0, 0.05) is 0 Å². The zero-order valence-corrected chi connectivity index (χ0v) is 9.63. The molecule has 0 aliphatic heterocycles. The van der Waals surface area contributed by atoms with Gasteiger partial charge in [0.05, 0.1) is 6.21 Å². The molecule has 0 aliphatic rings. The standard InChI is InChI=1S/C14H14N2O/c1-11-3-2-4-14(9-11)17-13-7-5-12(6-8-13)10-16-15/h2-10H,15H2,1H3. The van der Waals surface area contributed by atoms with Gasteiger partial charge in [-0.1, -0.05) is 12.1 Å². The summed E-state index contributed by atoms with van der Waals surface area (Å²) in [6, 6.07) is 15.5. The molecular formula is C14H14N2O. The molecule has 2 N–H and O–H groups in total. The number of hydrogen-bond acceptors (Lipinski definition) is 3. The van der Waals surface area contributed by atoms with Crippen molar-refractivity contribution in [2.24, 2.45) is 10.9 Å². The first-order chi connectivity index (χ1) is 8.28. The van der Waals surface area contributed by atoms with Gasteiger partial charge in [0.25, 0.3) is 0 Å². The molecule has 0 fully saturated rings. The Labute approximate surface area is 101 Å². The van der Waals surface area contributed by atoms with Crippen LogP contribution in [-0.2, 0) is 0 Å². The Balaban J connectivity index is 2.13. The van der Waals surface area contributed by atoms with Gasteiger partial charge in [-0.2, -0.15) is 5.10 Å². The molecule has 2 rings (SSSR count). The molecule has 0 spiro atoms. The van der Waals surface area contributed by atoms with E-state index in [4.69, 9.17) is 10.6 Å². The van der Waals surface area contributed by atoms with Gasteiger partial charge in [-0.05, 0) is 54.4 Å². The second-order valence-electron chi connectivity index (χ2n) is 3.77. The first-order valence-corrected chi connectivity index (χ1v) is 5.36. The van der Waals surface area contributed by atoms with Gasteiger partial charge >= 0.3 is 0 Å². The Morgan fingerprint density at radius 1 is 1.06 bits per heavy atom. The topological polar surface area (TPSA) is 47.6 Å². The predicted octanol–water partition coefficient (Wildman–Crippen LogP) is 3.08. The Morgan fingerprint density at radius 3 is 2.47 bits per heavy atom. The van der Waals surface area contributed by atoms with E-state index in [-0.39, 0.29) is 0 Å². The van der Waals surface area contributed by atoms with Gasteiger partial charge in [-0.25, -0.2) is 0 Å². The molecule has 0 atom stereocenters. The van der Waals surface area contributed by atoms with Crippen molar-refractivity contribution in [3.63, 3.8) is 0 Å². The van der Waals surface area contributed by atoms with Crippen molar-refractivity contribution < 1.29 is 4.74 Å². The first kappa shape index (κ1) is 11.2. The molecule has 3 nitrogen and oxygen atoms in total. The van der Waals surface area contributed by atoms with Crippen LogP contribution in [0.25, 0.3) is 0 Å². The minimum absolute atomic E-state index is 0.796. The van der Waals surface area contributed by atoms with Crippen LogP contribution < -0.4 is 10.6 Å². The summed E-state index contributed by atoms with van der Waals surface area (Å²) >= 11 is 0. The van der Waals surface area contributed by atoms with Gasteiger partial charge in [0.1, 0.15) is 11.5 Å². The lowest BCUT2D eigenvalue weighted by atomic mass is 10.2. The summed E-state index contributed by atoms with van der Waals surface area (Å²) in [5, 5.41) is 3.47. The average molecular weight is 226 g/mol. The molecule has 17 heavy (non-hydrogen) atoms. The highest BCUT2D eigenvalue weighted by molar-refractivity contribution is 5.79. The van der Waals surface area contributed by atoms with Crippen LogP contribution in [0.1, 0.15) is 11.1 Å². The van der Waals surface area contributed by atoms with E-state index >= 15 is 0 Å². The van der Waals surface area contributed by atoms with Crippen LogP contribution in [0.3, 0.4) is 0 Å². The molecule has 86 valence electrons. The minimum atomic E-state index is 0.796. The van der Waals surface area contributed by atoms with Crippen LogP contribution in [0.4, 0.5) is 0 Å². The monoisotopic (exact) mass is 226 g/mol. The molecule has 0 saturated heterocycles.